The quantitative estimate of drug-likeness (QED) is 0.203. The van der Waals surface area contributed by atoms with E-state index in [4.69, 9.17) is 9.47 Å². The Hall–Kier alpha value is -2.30. The Kier molecular flexibility index (Phi) is 21.9. The topological polar surface area (TPSA) is 52.6 Å². The molecule has 162 valence electrons. The number of aldehydes is 2. The first-order valence-corrected chi connectivity index (χ1v) is 10.1. The summed E-state index contributed by atoms with van der Waals surface area (Å²) in [5.41, 5.74) is 3.54. The van der Waals surface area contributed by atoms with Crippen LogP contribution in [0.4, 0.5) is 0 Å². The van der Waals surface area contributed by atoms with Crippen LogP contribution in [0, 0.1) is 0 Å². The molecule has 0 heterocycles. The van der Waals surface area contributed by atoms with Crippen LogP contribution in [0.2, 0.25) is 0 Å². The molecule has 0 spiro atoms. The highest BCUT2D eigenvalue weighted by Gasteiger charge is 1.94. The Morgan fingerprint density at radius 2 is 1.55 bits per heavy atom. The van der Waals surface area contributed by atoms with Gasteiger partial charge in [0, 0.05) is 13.2 Å². The maximum Gasteiger partial charge on any atom is 0.154 e. The van der Waals surface area contributed by atoms with Crippen LogP contribution >= 0.6 is 0 Å². The Morgan fingerprint density at radius 1 is 0.966 bits per heavy atom. The summed E-state index contributed by atoms with van der Waals surface area (Å²) < 4.78 is 10.1. The van der Waals surface area contributed by atoms with Gasteiger partial charge in [0.05, 0.1) is 0 Å². The lowest BCUT2D eigenvalue weighted by molar-refractivity contribution is -0.123. The monoisotopic (exact) mass is 402 g/mol. The molecule has 0 atom stereocenters. The van der Waals surface area contributed by atoms with Gasteiger partial charge in [-0.3, -0.25) is 9.59 Å². The van der Waals surface area contributed by atoms with E-state index in [-0.39, 0.29) is 6.29 Å². The Bertz CT molecular complexity index is 591. The van der Waals surface area contributed by atoms with Crippen LogP contribution in [-0.4, -0.2) is 32.1 Å². The number of rotatable bonds is 10. The largest absolute Gasteiger partial charge is 0.353 e. The zero-order valence-corrected chi connectivity index (χ0v) is 18.9. The molecule has 0 saturated carbocycles. The van der Waals surface area contributed by atoms with E-state index in [2.05, 4.69) is 19.9 Å². The van der Waals surface area contributed by atoms with Crippen LogP contribution in [0.3, 0.4) is 0 Å². The fourth-order valence-electron chi connectivity index (χ4n) is 2.02. The molecule has 0 bridgehead atoms. The maximum absolute atomic E-state index is 10.0. The second kappa shape index (κ2) is 22.0. The van der Waals surface area contributed by atoms with Gasteiger partial charge < -0.3 is 9.47 Å². The molecule has 1 rings (SSSR count). The van der Waals surface area contributed by atoms with Gasteiger partial charge >= 0.3 is 0 Å². The van der Waals surface area contributed by atoms with Crippen molar-refractivity contribution in [2.24, 2.45) is 0 Å². The molecule has 0 unspecified atom stereocenters. The average Bonchev–Trinajstić information content (AvgIpc) is 2.68. The van der Waals surface area contributed by atoms with Crippen LogP contribution < -0.4 is 0 Å². The van der Waals surface area contributed by atoms with Crippen molar-refractivity contribution in [3.05, 3.63) is 65.3 Å². The predicted molar refractivity (Wildman–Crippen MR) is 123 cm³/mol. The molecule has 29 heavy (non-hydrogen) atoms. The summed E-state index contributed by atoms with van der Waals surface area (Å²) in [6, 6.07) is 9.70. The second-order valence-corrected chi connectivity index (χ2v) is 6.35. The third kappa shape index (κ3) is 23.7. The molecular weight excluding hydrogens is 364 g/mol. The summed E-state index contributed by atoms with van der Waals surface area (Å²) in [5.74, 6) is 0. The summed E-state index contributed by atoms with van der Waals surface area (Å²) in [4.78, 5) is 19.9. The van der Waals surface area contributed by atoms with Crippen molar-refractivity contribution in [2.75, 3.05) is 13.2 Å². The number of carbonyl (C=O) groups is 2. The summed E-state index contributed by atoms with van der Waals surface area (Å²) in [6.45, 7) is 13.4. The van der Waals surface area contributed by atoms with Crippen molar-refractivity contribution < 1.29 is 19.1 Å². The van der Waals surface area contributed by atoms with E-state index in [0.29, 0.717) is 0 Å². The first-order chi connectivity index (χ1) is 13.9. The van der Waals surface area contributed by atoms with Gasteiger partial charge in [-0.2, -0.15) is 0 Å². The third-order valence-electron chi connectivity index (χ3n) is 3.41. The van der Waals surface area contributed by atoms with Gasteiger partial charge in [0.1, 0.15) is 12.6 Å². The minimum absolute atomic E-state index is 0.0370. The van der Waals surface area contributed by atoms with Crippen LogP contribution in [0.5, 0.6) is 0 Å². The fraction of sp³-hybridized carbons (Fsp3) is 0.440. The number of benzene rings is 1. The van der Waals surface area contributed by atoms with Gasteiger partial charge in [-0.05, 0) is 72.1 Å². The molecule has 0 radical (unpaired) electrons. The van der Waals surface area contributed by atoms with Crippen LogP contribution in [0.25, 0.3) is 6.08 Å². The number of allylic oxidation sites excluding steroid dienone is 5. The molecule has 0 aliphatic rings. The molecule has 1 aromatic rings. The first-order valence-electron chi connectivity index (χ1n) is 10.1. The van der Waals surface area contributed by atoms with Crippen molar-refractivity contribution >= 4 is 18.6 Å². The predicted octanol–water partition coefficient (Wildman–Crippen LogP) is 6.18. The highest BCUT2D eigenvalue weighted by molar-refractivity contribution is 5.73. The minimum atomic E-state index is -0.0370. The summed E-state index contributed by atoms with van der Waals surface area (Å²) in [6.07, 6.45) is 10.7. The molecule has 0 aliphatic heterocycles. The molecule has 1 aromatic carbocycles. The number of hydrogen-bond acceptors (Lipinski definition) is 4. The standard InChI is InChI=1S/C10H16O.C9H8O.C6H14O2/c1-9(2)5-4-6-10(3)7-8-11;10-8-4-7-9-5-2-1-3-6-9;1-4-7-6(3)8-5-2/h5,7-8H,4,6H2,1-3H3;1-8H;6H,4-5H2,1-3H3/b;7-4-;. The van der Waals surface area contributed by atoms with Crippen molar-refractivity contribution in [1.29, 1.82) is 0 Å². The lowest BCUT2D eigenvalue weighted by Gasteiger charge is -2.09. The fourth-order valence-corrected chi connectivity index (χ4v) is 2.02. The number of carbonyl (C=O) groups excluding carboxylic acids is 2. The molecule has 0 saturated heterocycles. The van der Waals surface area contributed by atoms with Crippen LogP contribution in [-0.2, 0) is 19.1 Å². The molecule has 0 N–H and O–H groups in total. The average molecular weight is 403 g/mol. The Labute approximate surface area is 177 Å². The first kappa shape index (κ1) is 28.9. The van der Waals surface area contributed by atoms with E-state index < -0.39 is 0 Å². The SMILES string of the molecule is CC(C)=CCCC(C)=CC=O.CCOC(C)OCC.O=C/C=C\c1ccccc1. The van der Waals surface area contributed by atoms with Crippen LogP contribution in [0.15, 0.2) is 59.7 Å². The van der Waals surface area contributed by atoms with E-state index in [0.717, 1.165) is 49.8 Å². The molecular formula is C25H38O4. The number of ether oxygens (including phenoxy) is 2. The van der Waals surface area contributed by atoms with E-state index in [1.165, 1.54) is 11.6 Å². The van der Waals surface area contributed by atoms with Gasteiger partial charge in [-0.1, -0.05) is 53.6 Å². The lowest BCUT2D eigenvalue weighted by Crippen LogP contribution is -2.11. The van der Waals surface area contributed by atoms with Crippen molar-refractivity contribution in [3.63, 3.8) is 0 Å². The number of hydrogen-bond donors (Lipinski definition) is 0. The highest BCUT2D eigenvalue weighted by Crippen LogP contribution is 2.05. The van der Waals surface area contributed by atoms with E-state index in [1.54, 1.807) is 12.2 Å². The van der Waals surface area contributed by atoms with Crippen molar-refractivity contribution in [1.82, 2.24) is 0 Å². The molecule has 0 amide bonds. The molecule has 4 heteroatoms. The summed E-state index contributed by atoms with van der Waals surface area (Å²) in [5, 5.41) is 0. The molecule has 4 nitrogen and oxygen atoms in total. The highest BCUT2D eigenvalue weighted by atomic mass is 16.7. The Morgan fingerprint density at radius 3 is 2.00 bits per heavy atom. The van der Waals surface area contributed by atoms with Gasteiger partial charge in [0.2, 0.25) is 0 Å². The Balaban J connectivity index is 0. The van der Waals surface area contributed by atoms with Gasteiger partial charge in [0.25, 0.3) is 0 Å². The van der Waals surface area contributed by atoms with Crippen LogP contribution in [0.1, 0.15) is 59.9 Å². The minimum Gasteiger partial charge on any atom is -0.353 e. The lowest BCUT2D eigenvalue weighted by atomic mass is 10.1. The smallest absolute Gasteiger partial charge is 0.154 e. The molecule has 0 fully saturated rings. The summed E-state index contributed by atoms with van der Waals surface area (Å²) in [7, 11) is 0. The van der Waals surface area contributed by atoms with Gasteiger partial charge in [-0.15, -0.1) is 0 Å². The molecule has 0 aromatic heterocycles. The van der Waals surface area contributed by atoms with Crippen molar-refractivity contribution in [3.8, 4) is 0 Å². The van der Waals surface area contributed by atoms with Crippen molar-refractivity contribution in [2.45, 2.75) is 60.7 Å². The summed E-state index contributed by atoms with van der Waals surface area (Å²) >= 11 is 0. The molecule has 0 aliphatic carbocycles. The van der Waals surface area contributed by atoms with E-state index >= 15 is 0 Å². The maximum atomic E-state index is 10.0. The van der Waals surface area contributed by atoms with Gasteiger partial charge in [-0.25, -0.2) is 0 Å². The second-order valence-electron chi connectivity index (χ2n) is 6.35. The van der Waals surface area contributed by atoms with Gasteiger partial charge in [0.15, 0.2) is 6.29 Å². The third-order valence-corrected chi connectivity index (χ3v) is 3.41. The zero-order chi connectivity index (χ0) is 22.3. The normalized spacial score (nSPS) is 10.5. The zero-order valence-electron chi connectivity index (χ0n) is 18.9. The van der Waals surface area contributed by atoms with E-state index in [9.17, 15) is 9.59 Å². The van der Waals surface area contributed by atoms with E-state index in [1.807, 2.05) is 58.0 Å².